The number of hydrogen-bond acceptors (Lipinski definition) is 4. The maximum atomic E-state index is 10.6. The van der Waals surface area contributed by atoms with E-state index in [9.17, 15) is 9.90 Å². The first-order valence-corrected chi connectivity index (χ1v) is 4.82. The molecule has 0 saturated heterocycles. The molecule has 0 aromatic carbocycles. The van der Waals surface area contributed by atoms with Gasteiger partial charge in [-0.15, -0.1) is 0 Å². The van der Waals surface area contributed by atoms with Gasteiger partial charge in [-0.05, 0) is 24.4 Å². The lowest BCUT2D eigenvalue weighted by Gasteiger charge is -2.41. The molecule has 1 saturated carbocycles. The summed E-state index contributed by atoms with van der Waals surface area (Å²) in [5.41, 5.74) is -0.586. The van der Waals surface area contributed by atoms with Crippen molar-refractivity contribution in [2.24, 2.45) is 5.92 Å². The van der Waals surface area contributed by atoms with Crippen LogP contribution in [0.25, 0.3) is 0 Å². The van der Waals surface area contributed by atoms with E-state index in [0.29, 0.717) is 5.56 Å². The van der Waals surface area contributed by atoms with Crippen molar-refractivity contribution in [3.05, 3.63) is 23.2 Å². The largest absolute Gasteiger partial charge is 0.481 e. The first-order valence-electron chi connectivity index (χ1n) is 4.44. The molecule has 1 aliphatic rings. The molecule has 0 spiro atoms. The summed E-state index contributed by atoms with van der Waals surface area (Å²) in [7, 11) is 0. The molecule has 1 aliphatic carbocycles. The van der Waals surface area contributed by atoms with Crippen LogP contribution in [-0.2, 0) is 10.4 Å². The summed E-state index contributed by atoms with van der Waals surface area (Å²) >= 11 is 5.50. The lowest BCUT2D eigenvalue weighted by atomic mass is 9.68. The van der Waals surface area contributed by atoms with E-state index in [2.05, 4.69) is 9.97 Å². The molecule has 1 aromatic heterocycles. The molecule has 1 heterocycles. The second-order valence-electron chi connectivity index (χ2n) is 3.72. The highest BCUT2D eigenvalue weighted by Crippen LogP contribution is 2.45. The van der Waals surface area contributed by atoms with E-state index >= 15 is 0 Å². The first-order chi connectivity index (χ1) is 7.01. The van der Waals surface area contributed by atoms with E-state index in [-0.39, 0.29) is 18.1 Å². The van der Waals surface area contributed by atoms with Gasteiger partial charge >= 0.3 is 5.97 Å². The Bertz CT molecular complexity index is 387. The second-order valence-corrected chi connectivity index (χ2v) is 4.05. The van der Waals surface area contributed by atoms with Crippen molar-refractivity contribution in [2.45, 2.75) is 18.4 Å². The number of rotatable bonds is 2. The summed E-state index contributed by atoms with van der Waals surface area (Å²) < 4.78 is 0. The first kappa shape index (κ1) is 10.3. The third-order valence-electron chi connectivity index (χ3n) is 2.68. The second kappa shape index (κ2) is 3.43. The van der Waals surface area contributed by atoms with Gasteiger partial charge < -0.3 is 10.2 Å². The van der Waals surface area contributed by atoms with E-state index in [0.717, 1.165) is 0 Å². The number of carbonyl (C=O) groups is 1. The summed E-state index contributed by atoms with van der Waals surface area (Å²) in [6.45, 7) is 0. The summed E-state index contributed by atoms with van der Waals surface area (Å²) in [6, 6.07) is 0. The average Bonchev–Trinajstić information content (AvgIpc) is 2.13. The van der Waals surface area contributed by atoms with Crippen LogP contribution in [0.15, 0.2) is 12.4 Å². The SMILES string of the molecule is O=C(O)[C@H]1C[C@](O)(c2cnc(Cl)nc2)C1. The fourth-order valence-electron chi connectivity index (χ4n) is 1.72. The van der Waals surface area contributed by atoms with Crippen molar-refractivity contribution < 1.29 is 15.0 Å². The quantitative estimate of drug-likeness (QED) is 0.732. The smallest absolute Gasteiger partial charge is 0.306 e. The van der Waals surface area contributed by atoms with Gasteiger partial charge in [0.1, 0.15) is 0 Å². The third kappa shape index (κ3) is 1.80. The Kier molecular flexibility index (Phi) is 2.36. The number of carboxylic acids is 1. The van der Waals surface area contributed by atoms with Gasteiger partial charge in [0.05, 0.1) is 11.5 Å². The van der Waals surface area contributed by atoms with Crippen molar-refractivity contribution in [3.63, 3.8) is 0 Å². The van der Waals surface area contributed by atoms with Crippen LogP contribution in [0, 0.1) is 5.92 Å². The molecule has 1 aromatic rings. The standard InChI is InChI=1S/C9H9ClN2O3/c10-8-11-3-6(4-12-8)9(15)1-5(2-9)7(13)14/h3-5,15H,1-2H2,(H,13,14)/t5-,9+. The lowest BCUT2D eigenvalue weighted by Crippen LogP contribution is -2.44. The van der Waals surface area contributed by atoms with Gasteiger partial charge in [-0.3, -0.25) is 4.79 Å². The zero-order valence-electron chi connectivity index (χ0n) is 7.72. The van der Waals surface area contributed by atoms with E-state index in [4.69, 9.17) is 16.7 Å². The normalized spacial score (nSPS) is 29.6. The molecule has 0 amide bonds. The number of carboxylic acid groups (broad SMARTS) is 1. The Morgan fingerprint density at radius 1 is 1.47 bits per heavy atom. The molecule has 80 valence electrons. The summed E-state index contributed by atoms with van der Waals surface area (Å²) in [5.74, 6) is -1.36. The number of halogens is 1. The van der Waals surface area contributed by atoms with Gasteiger partial charge in [-0.25, -0.2) is 9.97 Å². The topological polar surface area (TPSA) is 83.3 Å². The molecule has 2 rings (SSSR count). The molecule has 5 nitrogen and oxygen atoms in total. The number of nitrogens with zero attached hydrogens (tertiary/aromatic N) is 2. The zero-order chi connectivity index (χ0) is 11.1. The van der Waals surface area contributed by atoms with Gasteiger partial charge in [0.25, 0.3) is 0 Å². The van der Waals surface area contributed by atoms with Crippen molar-refractivity contribution in [1.29, 1.82) is 0 Å². The van der Waals surface area contributed by atoms with E-state index in [1.807, 2.05) is 0 Å². The summed E-state index contributed by atoms with van der Waals surface area (Å²) in [6.07, 6.45) is 3.25. The molecular formula is C9H9ClN2O3. The molecule has 6 heteroatoms. The molecule has 0 atom stereocenters. The van der Waals surface area contributed by atoms with E-state index in [1.165, 1.54) is 12.4 Å². The van der Waals surface area contributed by atoms with Crippen molar-refractivity contribution >= 4 is 17.6 Å². The molecule has 2 N–H and O–H groups in total. The maximum absolute atomic E-state index is 10.6. The van der Waals surface area contributed by atoms with Crippen LogP contribution in [0.2, 0.25) is 5.28 Å². The fraction of sp³-hybridized carbons (Fsp3) is 0.444. The van der Waals surface area contributed by atoms with Crippen LogP contribution in [-0.4, -0.2) is 26.2 Å². The Labute approximate surface area is 90.7 Å². The fourth-order valence-corrected chi connectivity index (χ4v) is 1.82. The van der Waals surface area contributed by atoms with Crippen LogP contribution in [0.4, 0.5) is 0 Å². The highest BCUT2D eigenvalue weighted by atomic mass is 35.5. The van der Waals surface area contributed by atoms with Gasteiger partial charge in [-0.2, -0.15) is 0 Å². The highest BCUT2D eigenvalue weighted by molar-refractivity contribution is 6.28. The Balaban J connectivity index is 2.13. The number of aromatic nitrogens is 2. The van der Waals surface area contributed by atoms with Crippen LogP contribution in [0.5, 0.6) is 0 Å². The molecular weight excluding hydrogens is 220 g/mol. The van der Waals surface area contributed by atoms with Crippen LogP contribution in [0.1, 0.15) is 18.4 Å². The minimum Gasteiger partial charge on any atom is -0.481 e. The van der Waals surface area contributed by atoms with Gasteiger partial charge in [0, 0.05) is 18.0 Å². The molecule has 0 unspecified atom stereocenters. The summed E-state index contributed by atoms with van der Waals surface area (Å²) in [4.78, 5) is 18.1. The molecule has 0 aliphatic heterocycles. The minimum absolute atomic E-state index is 0.108. The van der Waals surface area contributed by atoms with E-state index < -0.39 is 17.5 Å². The lowest BCUT2D eigenvalue weighted by molar-refractivity contribution is -0.159. The molecule has 0 radical (unpaired) electrons. The van der Waals surface area contributed by atoms with Gasteiger partial charge in [0.15, 0.2) is 0 Å². The Morgan fingerprint density at radius 3 is 2.47 bits per heavy atom. The van der Waals surface area contributed by atoms with Crippen molar-refractivity contribution in [3.8, 4) is 0 Å². The Morgan fingerprint density at radius 2 is 2.00 bits per heavy atom. The van der Waals surface area contributed by atoms with E-state index in [1.54, 1.807) is 0 Å². The van der Waals surface area contributed by atoms with Gasteiger partial charge in [0.2, 0.25) is 5.28 Å². The number of aliphatic hydroxyl groups is 1. The van der Waals surface area contributed by atoms with Gasteiger partial charge in [-0.1, -0.05) is 0 Å². The molecule has 15 heavy (non-hydrogen) atoms. The predicted molar refractivity (Wildman–Crippen MR) is 51.3 cm³/mol. The van der Waals surface area contributed by atoms with Crippen LogP contribution in [0.3, 0.4) is 0 Å². The molecule has 1 fully saturated rings. The molecule has 0 bridgehead atoms. The Hall–Kier alpha value is -1.20. The van der Waals surface area contributed by atoms with Crippen molar-refractivity contribution in [2.75, 3.05) is 0 Å². The van der Waals surface area contributed by atoms with Crippen molar-refractivity contribution in [1.82, 2.24) is 9.97 Å². The average molecular weight is 229 g/mol. The minimum atomic E-state index is -1.10. The maximum Gasteiger partial charge on any atom is 0.306 e. The summed E-state index contributed by atoms with van der Waals surface area (Å²) in [5, 5.41) is 18.8. The number of aliphatic carboxylic acids is 1. The highest BCUT2D eigenvalue weighted by Gasteiger charge is 2.47. The van der Waals surface area contributed by atoms with Crippen LogP contribution >= 0.6 is 11.6 Å². The third-order valence-corrected chi connectivity index (χ3v) is 2.87. The zero-order valence-corrected chi connectivity index (χ0v) is 8.48. The van der Waals surface area contributed by atoms with Crippen LogP contribution < -0.4 is 0 Å². The monoisotopic (exact) mass is 228 g/mol. The number of hydrogen-bond donors (Lipinski definition) is 2. The predicted octanol–water partition coefficient (Wildman–Crippen LogP) is 0.812.